The van der Waals surface area contributed by atoms with Gasteiger partial charge in [0, 0.05) is 13.1 Å². The number of benzene rings is 2. The van der Waals surface area contributed by atoms with E-state index >= 15 is 0 Å². The molecule has 0 aliphatic heterocycles. The van der Waals surface area contributed by atoms with Crippen molar-refractivity contribution < 1.29 is 13.9 Å². The lowest BCUT2D eigenvalue weighted by Gasteiger charge is -2.13. The lowest BCUT2D eigenvalue weighted by molar-refractivity contribution is -0.118. The molecule has 0 saturated heterocycles. The van der Waals surface area contributed by atoms with Gasteiger partial charge in [0.15, 0.2) is 10.7 Å². The van der Waals surface area contributed by atoms with Gasteiger partial charge in [-0.15, -0.1) is 0 Å². The smallest absolute Gasteiger partial charge is 0.280 e. The number of carbonyl (C=O) groups is 1. The first-order valence-corrected chi connectivity index (χ1v) is 12.1. The van der Waals surface area contributed by atoms with Crippen LogP contribution in [0.1, 0.15) is 23.7 Å². The third kappa shape index (κ3) is 5.54. The maximum atomic E-state index is 13.5. The van der Waals surface area contributed by atoms with E-state index in [0.29, 0.717) is 35.0 Å². The van der Waals surface area contributed by atoms with E-state index in [1.165, 1.54) is 28.5 Å². The van der Waals surface area contributed by atoms with Gasteiger partial charge in [-0.2, -0.15) is 5.10 Å². The third-order valence-corrected chi connectivity index (χ3v) is 6.49. The predicted octanol–water partition coefficient (Wildman–Crippen LogP) is 3.53. The van der Waals surface area contributed by atoms with Crippen LogP contribution in [0.15, 0.2) is 58.5 Å². The van der Waals surface area contributed by atoms with E-state index in [1.54, 1.807) is 30.8 Å². The number of rotatable bonds is 9. The van der Waals surface area contributed by atoms with Crippen molar-refractivity contribution in [2.45, 2.75) is 38.6 Å². The van der Waals surface area contributed by atoms with Crippen molar-refractivity contribution in [2.24, 2.45) is 0 Å². The molecule has 0 fully saturated rings. The zero-order chi connectivity index (χ0) is 24.9. The minimum absolute atomic E-state index is 0.0818. The van der Waals surface area contributed by atoms with E-state index in [4.69, 9.17) is 9.72 Å². The van der Waals surface area contributed by atoms with E-state index in [-0.39, 0.29) is 29.6 Å². The minimum Gasteiger partial charge on any atom is -0.497 e. The van der Waals surface area contributed by atoms with E-state index in [0.717, 1.165) is 16.9 Å². The average Bonchev–Trinajstić information content (AvgIpc) is 3.20. The predicted molar refractivity (Wildman–Crippen MR) is 133 cm³/mol. The highest BCUT2D eigenvalue weighted by atomic mass is 32.2. The molecule has 0 aliphatic rings. The van der Waals surface area contributed by atoms with Gasteiger partial charge in [-0.3, -0.25) is 18.8 Å². The van der Waals surface area contributed by atoms with Gasteiger partial charge in [0.1, 0.15) is 17.1 Å². The summed E-state index contributed by atoms with van der Waals surface area (Å²) >= 11 is 1.18. The molecule has 0 radical (unpaired) electrons. The molecule has 0 saturated carbocycles. The summed E-state index contributed by atoms with van der Waals surface area (Å²) in [6, 6.07) is 13.4. The topological polar surface area (TPSA) is 91.0 Å². The molecule has 4 aromatic rings. The van der Waals surface area contributed by atoms with Crippen LogP contribution in [0, 0.1) is 12.7 Å². The lowest BCUT2D eigenvalue weighted by Crippen LogP contribution is -2.28. The molecule has 0 aliphatic carbocycles. The first kappa shape index (κ1) is 24.5. The molecule has 0 unspecified atom stereocenters. The third-order valence-electron chi connectivity index (χ3n) is 5.52. The highest BCUT2D eigenvalue weighted by molar-refractivity contribution is 7.99. The van der Waals surface area contributed by atoms with Gasteiger partial charge in [0.25, 0.3) is 5.56 Å². The molecule has 2 aromatic heterocycles. The maximum absolute atomic E-state index is 13.5. The second-order valence-electron chi connectivity index (χ2n) is 7.92. The molecule has 182 valence electrons. The Morgan fingerprint density at radius 2 is 1.80 bits per heavy atom. The Hall–Kier alpha value is -3.66. The number of hydrogen-bond donors (Lipinski definition) is 1. The molecule has 1 amide bonds. The zero-order valence-corrected chi connectivity index (χ0v) is 20.6. The number of thioether (sulfide) groups is 1. The monoisotopic (exact) mass is 495 g/mol. The van der Waals surface area contributed by atoms with Crippen molar-refractivity contribution in [3.8, 4) is 5.75 Å². The zero-order valence-electron chi connectivity index (χ0n) is 19.7. The lowest BCUT2D eigenvalue weighted by atomic mass is 10.2. The van der Waals surface area contributed by atoms with Crippen LogP contribution in [-0.2, 0) is 24.4 Å². The van der Waals surface area contributed by atoms with E-state index < -0.39 is 0 Å². The molecule has 0 atom stereocenters. The number of carbonyl (C=O) groups excluding carboxylic acids is 1. The summed E-state index contributed by atoms with van der Waals surface area (Å²) in [4.78, 5) is 30.7. The molecular formula is C25H26FN5O3S. The SMILES string of the molecule is CCn1nc(C)c2nc(SCC(=O)NCc3ccc(OC)cc3)n(Cc3ccc(F)cc3)c(=O)c21. The Bertz CT molecular complexity index is 1400. The van der Waals surface area contributed by atoms with Gasteiger partial charge in [-0.1, -0.05) is 36.0 Å². The molecule has 0 bridgehead atoms. The Labute approximate surface area is 206 Å². The van der Waals surface area contributed by atoms with Crippen LogP contribution in [-0.4, -0.2) is 38.1 Å². The highest BCUT2D eigenvalue weighted by Gasteiger charge is 2.19. The maximum Gasteiger partial charge on any atom is 0.280 e. The Kier molecular flexibility index (Phi) is 7.50. The van der Waals surface area contributed by atoms with E-state index in [9.17, 15) is 14.0 Å². The Morgan fingerprint density at radius 1 is 1.11 bits per heavy atom. The second-order valence-corrected chi connectivity index (χ2v) is 8.87. The Balaban J connectivity index is 1.57. The molecule has 4 rings (SSSR count). The van der Waals surface area contributed by atoms with Gasteiger partial charge < -0.3 is 10.1 Å². The van der Waals surface area contributed by atoms with Crippen molar-refractivity contribution in [2.75, 3.05) is 12.9 Å². The molecule has 0 spiro atoms. The molecule has 2 heterocycles. The van der Waals surface area contributed by atoms with Crippen molar-refractivity contribution in [3.05, 3.63) is 81.5 Å². The summed E-state index contributed by atoms with van der Waals surface area (Å²) in [6.45, 7) is 4.82. The van der Waals surface area contributed by atoms with Gasteiger partial charge in [0.2, 0.25) is 5.91 Å². The number of amides is 1. The number of aromatic nitrogens is 4. The minimum atomic E-state index is -0.350. The molecule has 10 heteroatoms. The normalized spacial score (nSPS) is 11.1. The molecule has 35 heavy (non-hydrogen) atoms. The fourth-order valence-electron chi connectivity index (χ4n) is 3.66. The summed E-state index contributed by atoms with van der Waals surface area (Å²) in [5, 5.41) is 7.73. The van der Waals surface area contributed by atoms with Gasteiger partial charge in [-0.25, -0.2) is 9.37 Å². The fourth-order valence-corrected chi connectivity index (χ4v) is 4.49. The number of ether oxygens (including phenoxy) is 1. The van der Waals surface area contributed by atoms with Crippen molar-refractivity contribution >= 4 is 28.7 Å². The summed E-state index contributed by atoms with van der Waals surface area (Å²) in [5.41, 5.74) is 3.04. The first-order chi connectivity index (χ1) is 16.9. The van der Waals surface area contributed by atoms with Crippen LogP contribution in [0.5, 0.6) is 5.75 Å². The number of halogens is 1. The van der Waals surface area contributed by atoms with Gasteiger partial charge in [0.05, 0.1) is 25.1 Å². The summed E-state index contributed by atoms with van der Waals surface area (Å²) < 4.78 is 21.7. The van der Waals surface area contributed by atoms with Crippen LogP contribution in [0.3, 0.4) is 0 Å². The van der Waals surface area contributed by atoms with Gasteiger partial charge in [-0.05, 0) is 49.2 Å². The fraction of sp³-hybridized carbons (Fsp3) is 0.280. The van der Waals surface area contributed by atoms with Crippen molar-refractivity contribution in [1.29, 1.82) is 0 Å². The first-order valence-electron chi connectivity index (χ1n) is 11.1. The molecule has 2 aromatic carbocycles. The van der Waals surface area contributed by atoms with E-state index in [1.807, 2.05) is 31.2 Å². The number of methoxy groups -OCH3 is 1. The Morgan fingerprint density at radius 3 is 2.46 bits per heavy atom. The van der Waals surface area contributed by atoms with Crippen LogP contribution >= 0.6 is 11.8 Å². The van der Waals surface area contributed by atoms with Crippen LogP contribution < -0.4 is 15.6 Å². The number of hydrogen-bond acceptors (Lipinski definition) is 6. The van der Waals surface area contributed by atoms with Gasteiger partial charge >= 0.3 is 0 Å². The standard InChI is InChI=1S/C25H26FN5O3S/c1-4-31-23-22(16(2)29-31)28-25(30(24(23)33)14-18-5-9-19(26)10-6-18)35-15-21(32)27-13-17-7-11-20(34-3)12-8-17/h5-12H,4,13-15H2,1-3H3,(H,27,32). The summed E-state index contributed by atoms with van der Waals surface area (Å²) in [7, 11) is 1.60. The van der Waals surface area contributed by atoms with Crippen molar-refractivity contribution in [1.82, 2.24) is 24.6 Å². The highest BCUT2D eigenvalue weighted by Crippen LogP contribution is 2.21. The number of nitrogens with zero attached hydrogens (tertiary/aromatic N) is 4. The quantitative estimate of drug-likeness (QED) is 0.282. The number of nitrogens with one attached hydrogen (secondary N) is 1. The molecular weight excluding hydrogens is 469 g/mol. The number of fused-ring (bicyclic) bond motifs is 1. The van der Waals surface area contributed by atoms with Crippen LogP contribution in [0.4, 0.5) is 4.39 Å². The average molecular weight is 496 g/mol. The summed E-state index contributed by atoms with van der Waals surface area (Å²) in [5.74, 6) is 0.295. The largest absolute Gasteiger partial charge is 0.497 e. The second kappa shape index (κ2) is 10.7. The molecule has 1 N–H and O–H groups in total. The van der Waals surface area contributed by atoms with Crippen LogP contribution in [0.25, 0.3) is 11.0 Å². The van der Waals surface area contributed by atoms with E-state index in [2.05, 4.69) is 10.4 Å². The van der Waals surface area contributed by atoms with Crippen LogP contribution in [0.2, 0.25) is 0 Å². The summed E-state index contributed by atoms with van der Waals surface area (Å²) in [6.07, 6.45) is 0. The number of aryl methyl sites for hydroxylation is 2. The van der Waals surface area contributed by atoms with Crippen molar-refractivity contribution in [3.63, 3.8) is 0 Å². The molecule has 8 nitrogen and oxygen atoms in total.